The lowest BCUT2D eigenvalue weighted by Gasteiger charge is -2.38. The summed E-state index contributed by atoms with van der Waals surface area (Å²) in [5.74, 6) is 0.00123. The summed E-state index contributed by atoms with van der Waals surface area (Å²) in [4.78, 5) is 30.3. The van der Waals surface area contributed by atoms with Gasteiger partial charge in [0, 0.05) is 69.8 Å². The van der Waals surface area contributed by atoms with E-state index in [1.165, 1.54) is 6.92 Å². The van der Waals surface area contributed by atoms with Gasteiger partial charge in [-0.1, -0.05) is 85.3 Å². The van der Waals surface area contributed by atoms with Gasteiger partial charge in [0.2, 0.25) is 11.8 Å². The van der Waals surface area contributed by atoms with E-state index in [-0.39, 0.29) is 30.6 Å². The van der Waals surface area contributed by atoms with Crippen molar-refractivity contribution in [3.05, 3.63) is 125 Å². The summed E-state index contributed by atoms with van der Waals surface area (Å²) in [5, 5.41) is 15.4. The number of amides is 2. The molecule has 0 radical (unpaired) electrons. The molecule has 0 bridgehead atoms. The van der Waals surface area contributed by atoms with E-state index in [4.69, 9.17) is 9.47 Å². The van der Waals surface area contributed by atoms with Crippen molar-refractivity contribution >= 4 is 11.8 Å². The number of carbonyl (C=O) groups excluding carboxylic acids is 2. The number of unbranched alkanes of at least 4 members (excludes halogenated alkanes) is 2. The molecule has 3 N–H and O–H groups in total. The molecular weight excluding hydrogens is 628 g/mol. The molecule has 50 heavy (non-hydrogen) atoms. The molecule has 1 aliphatic rings. The lowest BCUT2D eigenvalue weighted by Crippen LogP contribution is -2.38. The average molecular weight is 679 g/mol. The number of aromatic nitrogens is 1. The Balaban J connectivity index is 1.22. The summed E-state index contributed by atoms with van der Waals surface area (Å²) in [5.41, 5.74) is 7.11. The topological polar surface area (TPSA) is 113 Å². The van der Waals surface area contributed by atoms with E-state index in [0.717, 1.165) is 84.3 Å². The number of rotatable bonds is 17. The molecule has 5 rings (SSSR count). The van der Waals surface area contributed by atoms with E-state index < -0.39 is 6.29 Å². The predicted molar refractivity (Wildman–Crippen MR) is 195 cm³/mol. The van der Waals surface area contributed by atoms with Gasteiger partial charge in [-0.25, -0.2) is 0 Å². The number of likely N-dealkylation sites (N-methyl/N-ethyl adjacent to an activating group) is 1. The van der Waals surface area contributed by atoms with Crippen LogP contribution in [0.3, 0.4) is 0 Å². The van der Waals surface area contributed by atoms with Crippen LogP contribution in [0.15, 0.2) is 97.2 Å². The van der Waals surface area contributed by atoms with Crippen LogP contribution in [0.1, 0.15) is 79.4 Å². The highest BCUT2D eigenvalue weighted by Crippen LogP contribution is 2.38. The molecule has 2 amide bonds. The maximum absolute atomic E-state index is 12.6. The third-order valence-corrected chi connectivity index (χ3v) is 9.05. The van der Waals surface area contributed by atoms with Crippen molar-refractivity contribution in [1.82, 2.24) is 20.5 Å². The molecule has 3 aromatic carbocycles. The molecule has 9 heteroatoms. The number of nitrogens with one attached hydrogen (secondary N) is 2. The van der Waals surface area contributed by atoms with Crippen LogP contribution in [0.4, 0.5) is 0 Å². The summed E-state index contributed by atoms with van der Waals surface area (Å²) in [6.07, 6.45) is 5.69. The van der Waals surface area contributed by atoms with Gasteiger partial charge in [-0.2, -0.15) is 0 Å². The van der Waals surface area contributed by atoms with Gasteiger partial charge in [0.1, 0.15) is 0 Å². The van der Waals surface area contributed by atoms with Crippen molar-refractivity contribution in [2.45, 2.75) is 77.1 Å². The molecule has 0 unspecified atom stereocenters. The molecule has 2 heterocycles. The first-order valence-corrected chi connectivity index (χ1v) is 17.7. The fraction of sp³-hybridized carbons (Fsp3) is 0.390. The third kappa shape index (κ3) is 11.3. The molecule has 264 valence electrons. The Bertz CT molecular complexity index is 1630. The minimum Gasteiger partial charge on any atom is -0.392 e. The quantitative estimate of drug-likeness (QED) is 0.113. The minimum absolute atomic E-state index is 0.00516. The van der Waals surface area contributed by atoms with E-state index in [0.29, 0.717) is 19.5 Å². The van der Waals surface area contributed by atoms with E-state index in [2.05, 4.69) is 64.0 Å². The largest absolute Gasteiger partial charge is 0.392 e. The SMILES string of the molecule is CC(=O)NCCCCCC(=O)NCc1ccccc1-c1ccc([C@@H]2O[C@H](CN(C)CCc3ccccn3)C[C@H](c3ccc(CO)cc3)O2)cc1. The van der Waals surface area contributed by atoms with Crippen LogP contribution < -0.4 is 10.6 Å². The molecule has 1 saturated heterocycles. The van der Waals surface area contributed by atoms with Gasteiger partial charge in [0.25, 0.3) is 0 Å². The first kappa shape index (κ1) is 36.9. The summed E-state index contributed by atoms with van der Waals surface area (Å²) in [6, 6.07) is 30.4. The Hall–Kier alpha value is -4.41. The Morgan fingerprint density at radius 3 is 2.38 bits per heavy atom. The van der Waals surface area contributed by atoms with Crippen molar-refractivity contribution in [3.63, 3.8) is 0 Å². The van der Waals surface area contributed by atoms with E-state index in [1.54, 1.807) is 0 Å². The Labute approximate surface area is 296 Å². The highest BCUT2D eigenvalue weighted by atomic mass is 16.7. The van der Waals surface area contributed by atoms with E-state index in [9.17, 15) is 14.7 Å². The zero-order chi connectivity index (χ0) is 35.1. The summed E-state index contributed by atoms with van der Waals surface area (Å²) < 4.78 is 13.2. The lowest BCUT2D eigenvalue weighted by atomic mass is 9.97. The number of nitrogens with zero attached hydrogens (tertiary/aromatic N) is 2. The number of hydrogen-bond donors (Lipinski definition) is 3. The number of hydrogen-bond acceptors (Lipinski definition) is 7. The van der Waals surface area contributed by atoms with Gasteiger partial charge >= 0.3 is 0 Å². The van der Waals surface area contributed by atoms with Gasteiger partial charge in [0.15, 0.2) is 6.29 Å². The van der Waals surface area contributed by atoms with Gasteiger partial charge in [-0.3, -0.25) is 14.6 Å². The van der Waals surface area contributed by atoms with Crippen LogP contribution in [-0.2, 0) is 38.6 Å². The smallest absolute Gasteiger partial charge is 0.220 e. The van der Waals surface area contributed by atoms with Gasteiger partial charge in [-0.05, 0) is 59.8 Å². The molecule has 0 saturated carbocycles. The fourth-order valence-corrected chi connectivity index (χ4v) is 6.23. The monoisotopic (exact) mass is 678 g/mol. The number of pyridine rings is 1. The predicted octanol–water partition coefficient (Wildman–Crippen LogP) is 6.27. The molecule has 0 aliphatic carbocycles. The van der Waals surface area contributed by atoms with Crippen molar-refractivity contribution in [1.29, 1.82) is 0 Å². The van der Waals surface area contributed by atoms with Crippen molar-refractivity contribution in [3.8, 4) is 11.1 Å². The number of aliphatic hydroxyl groups excluding tert-OH is 1. The highest BCUT2D eigenvalue weighted by molar-refractivity contribution is 5.76. The van der Waals surface area contributed by atoms with Crippen molar-refractivity contribution in [2.75, 3.05) is 26.7 Å². The van der Waals surface area contributed by atoms with Crippen LogP contribution in [0.2, 0.25) is 0 Å². The van der Waals surface area contributed by atoms with Crippen molar-refractivity contribution in [2.24, 2.45) is 0 Å². The Morgan fingerprint density at radius 1 is 0.880 bits per heavy atom. The molecule has 9 nitrogen and oxygen atoms in total. The van der Waals surface area contributed by atoms with E-state index in [1.807, 2.05) is 60.8 Å². The van der Waals surface area contributed by atoms with Crippen LogP contribution in [0.5, 0.6) is 0 Å². The first-order chi connectivity index (χ1) is 24.4. The second kappa shape index (κ2) is 19.1. The fourth-order valence-electron chi connectivity index (χ4n) is 6.23. The second-order valence-electron chi connectivity index (χ2n) is 13.0. The Kier molecular flexibility index (Phi) is 14.1. The molecule has 1 fully saturated rings. The maximum atomic E-state index is 12.6. The van der Waals surface area contributed by atoms with Gasteiger partial charge in [0.05, 0.1) is 18.8 Å². The summed E-state index contributed by atoms with van der Waals surface area (Å²) in [7, 11) is 2.12. The summed E-state index contributed by atoms with van der Waals surface area (Å²) >= 11 is 0. The van der Waals surface area contributed by atoms with Gasteiger partial charge < -0.3 is 30.1 Å². The third-order valence-electron chi connectivity index (χ3n) is 9.05. The standard InChI is InChI=1S/C41H50N4O5/c1-30(47)42-23-8-3-4-13-40(48)44-27-35-10-5-6-12-38(35)32-18-20-34(21-19-32)41-49-37(28-45(2)25-22-36-11-7-9-24-43-36)26-39(50-41)33-16-14-31(29-46)15-17-33/h5-7,9-12,14-21,24,37,39,41,46H,3-4,8,13,22-23,25-29H2,1-2H3,(H,42,47)(H,44,48)/t37-,39+,41+/m0/s1. The lowest BCUT2D eigenvalue weighted by molar-refractivity contribution is -0.252. The van der Waals surface area contributed by atoms with Crippen LogP contribution >= 0.6 is 0 Å². The normalized spacial score (nSPS) is 17.4. The van der Waals surface area contributed by atoms with Crippen molar-refractivity contribution < 1.29 is 24.2 Å². The van der Waals surface area contributed by atoms with Gasteiger partial charge in [-0.15, -0.1) is 0 Å². The number of carbonyl (C=O) groups is 2. The molecule has 1 aliphatic heterocycles. The molecular formula is C41H50N4O5. The molecule has 4 aromatic rings. The van der Waals surface area contributed by atoms with Crippen LogP contribution in [0.25, 0.3) is 11.1 Å². The molecule has 3 atom stereocenters. The molecule has 1 aromatic heterocycles. The average Bonchev–Trinajstić information content (AvgIpc) is 3.15. The molecule has 0 spiro atoms. The first-order valence-electron chi connectivity index (χ1n) is 17.7. The Morgan fingerprint density at radius 2 is 1.64 bits per heavy atom. The zero-order valence-electron chi connectivity index (χ0n) is 29.2. The van der Waals surface area contributed by atoms with E-state index >= 15 is 0 Å². The maximum Gasteiger partial charge on any atom is 0.220 e. The number of benzene rings is 3. The number of aliphatic hydroxyl groups is 1. The number of ether oxygens (including phenoxy) is 2. The second-order valence-corrected chi connectivity index (χ2v) is 13.0. The summed E-state index contributed by atoms with van der Waals surface area (Å²) in [6.45, 7) is 4.24. The zero-order valence-corrected chi connectivity index (χ0v) is 29.2. The van der Waals surface area contributed by atoms with Crippen LogP contribution in [0, 0.1) is 0 Å². The van der Waals surface area contributed by atoms with Crippen LogP contribution in [-0.4, -0.2) is 59.6 Å². The highest BCUT2D eigenvalue weighted by Gasteiger charge is 2.32. The minimum atomic E-state index is -0.540.